The zero-order chi connectivity index (χ0) is 20.0. The summed E-state index contributed by atoms with van der Waals surface area (Å²) in [5.41, 5.74) is 1.17. The number of aromatic nitrogens is 3. The molecule has 4 heterocycles. The molecule has 0 saturated carbocycles. The van der Waals surface area contributed by atoms with Crippen LogP contribution < -0.4 is 10.2 Å². The van der Waals surface area contributed by atoms with Gasteiger partial charge in [-0.1, -0.05) is 17.7 Å². The molecule has 10 heteroatoms. The third kappa shape index (κ3) is 3.12. The molecule has 2 aliphatic rings. The second kappa shape index (κ2) is 7.09. The quantitative estimate of drug-likeness (QED) is 0.692. The lowest BCUT2D eigenvalue weighted by atomic mass is 10.1. The third-order valence-electron chi connectivity index (χ3n) is 4.81. The molecule has 0 radical (unpaired) electrons. The van der Waals surface area contributed by atoms with Crippen molar-refractivity contribution < 1.29 is 13.5 Å². The molecule has 29 heavy (non-hydrogen) atoms. The van der Waals surface area contributed by atoms with Crippen molar-refractivity contribution in [1.82, 2.24) is 14.8 Å². The van der Waals surface area contributed by atoms with E-state index in [0.29, 0.717) is 24.7 Å². The van der Waals surface area contributed by atoms with Crippen LogP contribution in [0.1, 0.15) is 5.56 Å². The fourth-order valence-electron chi connectivity index (χ4n) is 3.38. The molecule has 1 fully saturated rings. The molecule has 7 nitrogen and oxygen atoms in total. The first-order chi connectivity index (χ1) is 14.1. The summed E-state index contributed by atoms with van der Waals surface area (Å²) in [6.07, 6.45) is 3.13. The summed E-state index contributed by atoms with van der Waals surface area (Å²) in [4.78, 5) is 11.0. The SMILES string of the molecule is Fc1cccc(F)c1C1=Nc2c(Cl)cnn2-c2cc(N3CCOCC3)cnc2N1. The Morgan fingerprint density at radius 2 is 1.86 bits per heavy atom. The fourth-order valence-corrected chi connectivity index (χ4v) is 3.55. The van der Waals surface area contributed by atoms with E-state index in [0.717, 1.165) is 18.8 Å². The Morgan fingerprint density at radius 1 is 1.10 bits per heavy atom. The number of benzene rings is 1. The first-order valence-corrected chi connectivity index (χ1v) is 9.36. The van der Waals surface area contributed by atoms with Gasteiger partial charge in [0.15, 0.2) is 11.6 Å². The van der Waals surface area contributed by atoms with Gasteiger partial charge < -0.3 is 15.0 Å². The van der Waals surface area contributed by atoms with E-state index in [9.17, 15) is 8.78 Å². The molecule has 0 spiro atoms. The number of nitrogens with zero attached hydrogens (tertiary/aromatic N) is 5. The van der Waals surface area contributed by atoms with Crippen molar-refractivity contribution in [3.63, 3.8) is 0 Å². The summed E-state index contributed by atoms with van der Waals surface area (Å²) in [6.45, 7) is 2.74. The molecule has 0 atom stereocenters. The van der Waals surface area contributed by atoms with Gasteiger partial charge in [-0.25, -0.2) is 23.4 Å². The number of rotatable bonds is 2. The van der Waals surface area contributed by atoms with Crippen LogP contribution in [0.5, 0.6) is 0 Å². The Balaban J connectivity index is 1.66. The van der Waals surface area contributed by atoms with Crippen LogP contribution in [0.2, 0.25) is 5.02 Å². The summed E-state index contributed by atoms with van der Waals surface area (Å²) >= 11 is 6.26. The molecule has 148 valence electrons. The van der Waals surface area contributed by atoms with Gasteiger partial charge >= 0.3 is 0 Å². The number of morpholine rings is 1. The Bertz CT molecular complexity index is 1110. The van der Waals surface area contributed by atoms with Crippen LogP contribution in [0.25, 0.3) is 5.69 Å². The molecular formula is C19H15ClF2N6O. The predicted octanol–water partition coefficient (Wildman–Crippen LogP) is 3.54. The van der Waals surface area contributed by atoms with E-state index < -0.39 is 11.6 Å². The lowest BCUT2D eigenvalue weighted by Crippen LogP contribution is -2.36. The van der Waals surface area contributed by atoms with E-state index >= 15 is 0 Å². The van der Waals surface area contributed by atoms with Crippen molar-refractivity contribution in [1.29, 1.82) is 0 Å². The van der Waals surface area contributed by atoms with Gasteiger partial charge in [-0.05, 0) is 18.2 Å². The van der Waals surface area contributed by atoms with E-state index in [-0.39, 0.29) is 22.2 Å². The molecule has 1 saturated heterocycles. The Morgan fingerprint density at radius 3 is 2.62 bits per heavy atom. The number of anilines is 2. The van der Waals surface area contributed by atoms with Crippen molar-refractivity contribution in [2.45, 2.75) is 0 Å². The van der Waals surface area contributed by atoms with Gasteiger partial charge in [0.2, 0.25) is 0 Å². The van der Waals surface area contributed by atoms with Crippen LogP contribution in [0.3, 0.4) is 0 Å². The molecule has 0 bridgehead atoms. The lowest BCUT2D eigenvalue weighted by molar-refractivity contribution is 0.122. The van der Waals surface area contributed by atoms with Gasteiger partial charge in [0.1, 0.15) is 28.2 Å². The fraction of sp³-hybridized carbons (Fsp3) is 0.211. The number of pyridine rings is 1. The topological polar surface area (TPSA) is 67.6 Å². The second-order valence-electron chi connectivity index (χ2n) is 6.57. The molecule has 2 aromatic heterocycles. The predicted molar refractivity (Wildman–Crippen MR) is 106 cm³/mol. The summed E-state index contributed by atoms with van der Waals surface area (Å²) in [7, 11) is 0. The number of aliphatic imine (C=N–C) groups is 1. The standard InChI is InChI=1S/C19H15ClF2N6O/c20-12-10-24-28-15-8-11(27-4-6-29-7-5-27)9-23-17(15)25-18(26-19(12)28)16-13(21)2-1-3-14(16)22/h1-3,8-10H,4-7H2,(H,23,25,26). The van der Waals surface area contributed by atoms with Crippen LogP contribution in [0.15, 0.2) is 41.7 Å². The Labute approximate surface area is 169 Å². The number of ether oxygens (including phenoxy) is 1. The van der Waals surface area contributed by atoms with Gasteiger partial charge in [0.25, 0.3) is 0 Å². The van der Waals surface area contributed by atoms with Crippen LogP contribution in [-0.2, 0) is 4.74 Å². The van der Waals surface area contributed by atoms with Crippen LogP contribution in [0, 0.1) is 11.6 Å². The number of hydrogen-bond acceptors (Lipinski definition) is 6. The average Bonchev–Trinajstić information content (AvgIpc) is 3.00. The second-order valence-corrected chi connectivity index (χ2v) is 6.98. The highest BCUT2D eigenvalue weighted by Gasteiger charge is 2.25. The van der Waals surface area contributed by atoms with Crippen LogP contribution in [-0.4, -0.2) is 46.9 Å². The minimum atomic E-state index is -0.744. The highest BCUT2D eigenvalue weighted by atomic mass is 35.5. The first-order valence-electron chi connectivity index (χ1n) is 8.98. The average molecular weight is 417 g/mol. The molecule has 0 amide bonds. The number of halogens is 3. The van der Waals surface area contributed by atoms with Gasteiger partial charge in [-0.3, -0.25) is 0 Å². The van der Waals surface area contributed by atoms with Crippen molar-refractivity contribution in [3.05, 3.63) is 58.9 Å². The number of nitrogens with one attached hydrogen (secondary N) is 1. The van der Waals surface area contributed by atoms with E-state index in [4.69, 9.17) is 16.3 Å². The first kappa shape index (κ1) is 18.0. The van der Waals surface area contributed by atoms with E-state index in [1.165, 1.54) is 29.1 Å². The maximum Gasteiger partial charge on any atom is 0.176 e. The minimum absolute atomic E-state index is 0.0328. The maximum atomic E-state index is 14.4. The van der Waals surface area contributed by atoms with E-state index in [2.05, 4.69) is 25.3 Å². The molecule has 1 N–H and O–H groups in total. The molecule has 0 aliphatic carbocycles. The Kier molecular flexibility index (Phi) is 4.40. The number of amidine groups is 1. The third-order valence-corrected chi connectivity index (χ3v) is 5.08. The zero-order valence-corrected chi connectivity index (χ0v) is 15.8. The summed E-state index contributed by atoms with van der Waals surface area (Å²) in [5.74, 6) is -0.897. The van der Waals surface area contributed by atoms with Crippen molar-refractivity contribution in [2.75, 3.05) is 36.5 Å². The van der Waals surface area contributed by atoms with Crippen molar-refractivity contribution >= 4 is 34.8 Å². The van der Waals surface area contributed by atoms with Gasteiger partial charge in [-0.15, -0.1) is 0 Å². The lowest BCUT2D eigenvalue weighted by Gasteiger charge is -2.29. The number of fused-ring (bicyclic) bond motifs is 3. The highest BCUT2D eigenvalue weighted by molar-refractivity contribution is 6.33. The molecule has 1 aromatic carbocycles. The molecule has 3 aromatic rings. The van der Waals surface area contributed by atoms with Gasteiger partial charge in [-0.2, -0.15) is 5.10 Å². The van der Waals surface area contributed by atoms with Crippen LogP contribution in [0.4, 0.5) is 26.1 Å². The summed E-state index contributed by atoms with van der Waals surface area (Å²) in [6, 6.07) is 5.53. The van der Waals surface area contributed by atoms with Crippen molar-refractivity contribution in [3.8, 4) is 5.69 Å². The maximum absolute atomic E-state index is 14.4. The summed E-state index contributed by atoms with van der Waals surface area (Å²) in [5, 5.41) is 7.48. The van der Waals surface area contributed by atoms with Gasteiger partial charge in [0.05, 0.1) is 36.9 Å². The summed E-state index contributed by atoms with van der Waals surface area (Å²) < 4.78 is 35.7. The monoisotopic (exact) mass is 416 g/mol. The van der Waals surface area contributed by atoms with Crippen LogP contribution >= 0.6 is 11.6 Å². The van der Waals surface area contributed by atoms with E-state index in [1.807, 2.05) is 6.07 Å². The van der Waals surface area contributed by atoms with E-state index in [1.54, 1.807) is 6.20 Å². The molecule has 5 rings (SSSR count). The van der Waals surface area contributed by atoms with Gasteiger partial charge in [0, 0.05) is 13.1 Å². The molecular weight excluding hydrogens is 402 g/mol. The molecule has 2 aliphatic heterocycles. The largest absolute Gasteiger partial charge is 0.378 e. The normalized spacial score (nSPS) is 15.8. The Hall–Kier alpha value is -3.04. The highest BCUT2D eigenvalue weighted by Crippen LogP contribution is 2.35. The zero-order valence-electron chi connectivity index (χ0n) is 15.1. The minimum Gasteiger partial charge on any atom is -0.378 e. The molecule has 0 unspecified atom stereocenters. The number of hydrogen-bond donors (Lipinski definition) is 1. The van der Waals surface area contributed by atoms with Crippen molar-refractivity contribution in [2.24, 2.45) is 4.99 Å². The smallest absolute Gasteiger partial charge is 0.176 e.